The molecule has 3 rings (SSSR count). The zero-order valence-electron chi connectivity index (χ0n) is 17.8. The predicted molar refractivity (Wildman–Crippen MR) is 119 cm³/mol. The minimum Gasteiger partial charge on any atom is -0.465 e. The third kappa shape index (κ3) is 6.66. The van der Waals surface area contributed by atoms with Gasteiger partial charge in [-0.1, -0.05) is 29.8 Å². The number of hydrogen-bond donors (Lipinski definition) is 2. The van der Waals surface area contributed by atoms with E-state index in [1.807, 2.05) is 0 Å². The summed E-state index contributed by atoms with van der Waals surface area (Å²) < 4.78 is 36.4. The highest BCUT2D eigenvalue weighted by atomic mass is 35.5. The molecule has 0 radical (unpaired) electrons. The fourth-order valence-electron chi connectivity index (χ4n) is 2.85. The number of rotatable bonds is 10. The van der Waals surface area contributed by atoms with Gasteiger partial charge in [-0.05, 0) is 38.1 Å². The summed E-state index contributed by atoms with van der Waals surface area (Å²) in [7, 11) is -3.77. The zero-order valence-corrected chi connectivity index (χ0v) is 19.5. The van der Waals surface area contributed by atoms with Crippen molar-refractivity contribution in [2.24, 2.45) is 0 Å². The Morgan fingerprint density at radius 3 is 2.73 bits per heavy atom. The number of carbonyl (C=O) groups is 1. The average molecular weight is 500 g/mol. The minimum absolute atomic E-state index is 0.168. The Bertz CT molecular complexity index is 1170. The van der Waals surface area contributed by atoms with Gasteiger partial charge in [-0.15, -0.1) is 0 Å². The van der Waals surface area contributed by atoms with Crippen LogP contribution in [0, 0.1) is 0 Å². The topological polar surface area (TPSA) is 138 Å². The Hall–Kier alpha value is -2.69. The Morgan fingerprint density at radius 1 is 1.30 bits per heavy atom. The number of aromatic nitrogens is 2. The van der Waals surface area contributed by atoms with E-state index in [0.717, 1.165) is 10.8 Å². The molecule has 0 fully saturated rings. The van der Waals surface area contributed by atoms with Crippen molar-refractivity contribution < 1.29 is 28.1 Å². The second-order valence-electron chi connectivity index (χ2n) is 6.90. The van der Waals surface area contributed by atoms with E-state index in [4.69, 9.17) is 30.3 Å². The molecule has 0 spiro atoms. The highest BCUT2D eigenvalue weighted by Crippen LogP contribution is 2.44. The number of nitrogens with one attached hydrogen (secondary N) is 2. The van der Waals surface area contributed by atoms with Crippen molar-refractivity contribution in [3.63, 3.8) is 0 Å². The molecule has 178 valence electrons. The molecule has 11 nitrogen and oxygen atoms in total. The molecule has 0 bridgehead atoms. The van der Waals surface area contributed by atoms with Gasteiger partial charge in [0, 0.05) is 6.20 Å². The molecule has 1 aliphatic rings. The number of aromatic amines is 1. The lowest BCUT2D eigenvalue weighted by molar-refractivity contribution is -0.144. The van der Waals surface area contributed by atoms with Gasteiger partial charge >= 0.3 is 19.2 Å². The number of hydrogen-bond acceptors (Lipinski definition) is 8. The fourth-order valence-corrected chi connectivity index (χ4v) is 4.68. The van der Waals surface area contributed by atoms with Crippen molar-refractivity contribution in [2.45, 2.75) is 32.4 Å². The quantitative estimate of drug-likeness (QED) is 0.286. The Balaban J connectivity index is 1.69. The van der Waals surface area contributed by atoms with Crippen LogP contribution in [0.5, 0.6) is 5.75 Å². The summed E-state index contributed by atoms with van der Waals surface area (Å²) >= 11 is 5.78. The van der Waals surface area contributed by atoms with Crippen LogP contribution < -0.4 is 20.9 Å². The first kappa shape index (κ1) is 24.9. The van der Waals surface area contributed by atoms with Crippen LogP contribution >= 0.6 is 19.1 Å². The largest absolute Gasteiger partial charge is 0.465 e. The van der Waals surface area contributed by atoms with Crippen LogP contribution in [0.2, 0.25) is 5.02 Å². The molecule has 1 aromatic heterocycles. The highest BCUT2D eigenvalue weighted by molar-refractivity contribution is 7.57. The molecule has 13 heteroatoms. The lowest BCUT2D eigenvalue weighted by Gasteiger charge is -2.24. The van der Waals surface area contributed by atoms with Gasteiger partial charge in [0.05, 0.1) is 6.61 Å². The van der Waals surface area contributed by atoms with E-state index in [-0.39, 0.29) is 11.6 Å². The summed E-state index contributed by atoms with van der Waals surface area (Å²) in [6, 6.07) is 7.46. The summed E-state index contributed by atoms with van der Waals surface area (Å²) in [5, 5.41) is 2.47. The van der Waals surface area contributed by atoms with Gasteiger partial charge in [-0.3, -0.25) is 23.7 Å². The number of H-pyrrole nitrogens is 1. The third-order valence-corrected chi connectivity index (χ3v) is 6.38. The van der Waals surface area contributed by atoms with Crippen molar-refractivity contribution in [3.8, 4) is 5.75 Å². The van der Waals surface area contributed by atoms with Crippen molar-refractivity contribution in [1.82, 2.24) is 14.6 Å². The van der Waals surface area contributed by atoms with Crippen LogP contribution in [-0.4, -0.2) is 40.8 Å². The summed E-state index contributed by atoms with van der Waals surface area (Å²) in [5.41, 5.74) is -1.43. The van der Waals surface area contributed by atoms with Gasteiger partial charge in [0.2, 0.25) is 0 Å². The van der Waals surface area contributed by atoms with Crippen molar-refractivity contribution >= 4 is 25.1 Å². The molecule has 1 aliphatic heterocycles. The van der Waals surface area contributed by atoms with Gasteiger partial charge in [0.15, 0.2) is 18.9 Å². The number of benzene rings is 1. The molecular formula is C20H23ClN3O8P. The standard InChI is InChI=1S/C20H23ClN3O8P/c1-3-29-19(26)13(2)23-33(28,32-14-7-5-4-6-8-14)12-30-17-10-9-16(31-17)24-11-15(21)18(25)22-20(24)27/h4-11,13,16-17H,3,12H2,1-2H3,(H,23,28)(H,22,25,27)/t13-,16+,17-,33?/m0/s1. The number of para-hydroxylation sites is 1. The van der Waals surface area contributed by atoms with Crippen LogP contribution in [0.25, 0.3) is 0 Å². The van der Waals surface area contributed by atoms with E-state index < -0.39 is 49.6 Å². The van der Waals surface area contributed by atoms with E-state index in [1.165, 1.54) is 19.1 Å². The number of nitrogens with zero attached hydrogens (tertiary/aromatic N) is 1. The summed E-state index contributed by atoms with van der Waals surface area (Å²) in [6.07, 6.45) is 1.80. The molecule has 1 unspecified atom stereocenters. The van der Waals surface area contributed by atoms with E-state index in [1.54, 1.807) is 37.3 Å². The molecule has 1 aromatic carbocycles. The second-order valence-corrected chi connectivity index (χ2v) is 9.35. The van der Waals surface area contributed by atoms with Crippen LogP contribution in [0.1, 0.15) is 20.1 Å². The molecule has 2 aromatic rings. The minimum atomic E-state index is -3.77. The Labute approximate surface area is 193 Å². The normalized spacial score (nSPS) is 20.2. The molecule has 0 saturated carbocycles. The summed E-state index contributed by atoms with van der Waals surface area (Å²) in [6.45, 7) is 3.32. The maximum Gasteiger partial charge on any atom is 0.342 e. The molecule has 2 N–H and O–H groups in total. The van der Waals surface area contributed by atoms with Gasteiger partial charge in [0.25, 0.3) is 5.56 Å². The second kappa shape index (κ2) is 11.0. The van der Waals surface area contributed by atoms with E-state index in [0.29, 0.717) is 5.75 Å². The first-order valence-corrected chi connectivity index (χ1v) is 12.1. The molecule has 0 amide bonds. The predicted octanol–water partition coefficient (Wildman–Crippen LogP) is 2.39. The van der Waals surface area contributed by atoms with Gasteiger partial charge in [0.1, 0.15) is 16.8 Å². The average Bonchev–Trinajstić information content (AvgIpc) is 3.24. The van der Waals surface area contributed by atoms with E-state index in [9.17, 15) is 18.9 Å². The van der Waals surface area contributed by atoms with Crippen molar-refractivity contribution in [3.05, 3.63) is 74.5 Å². The van der Waals surface area contributed by atoms with Crippen LogP contribution in [0.15, 0.2) is 58.3 Å². The molecule has 2 heterocycles. The molecule has 33 heavy (non-hydrogen) atoms. The van der Waals surface area contributed by atoms with E-state index in [2.05, 4.69) is 10.1 Å². The lowest BCUT2D eigenvalue weighted by Crippen LogP contribution is -2.36. The zero-order chi connectivity index (χ0) is 24.0. The Kier molecular flexibility index (Phi) is 8.28. The maximum atomic E-state index is 13.5. The van der Waals surface area contributed by atoms with Crippen LogP contribution in [-0.2, 0) is 23.6 Å². The van der Waals surface area contributed by atoms with Gasteiger partial charge < -0.3 is 18.7 Å². The third-order valence-electron chi connectivity index (χ3n) is 4.34. The number of esters is 1. The number of halogens is 1. The monoisotopic (exact) mass is 499 g/mol. The van der Waals surface area contributed by atoms with Crippen molar-refractivity contribution in [2.75, 3.05) is 13.0 Å². The Morgan fingerprint density at radius 2 is 2.03 bits per heavy atom. The first-order chi connectivity index (χ1) is 15.7. The van der Waals surface area contributed by atoms with Crippen LogP contribution in [0.4, 0.5) is 0 Å². The summed E-state index contributed by atoms with van der Waals surface area (Å²) in [4.78, 5) is 37.5. The first-order valence-electron chi connectivity index (χ1n) is 9.95. The van der Waals surface area contributed by atoms with Crippen LogP contribution in [0.3, 0.4) is 0 Å². The molecular weight excluding hydrogens is 477 g/mol. The molecule has 4 atom stereocenters. The summed E-state index contributed by atoms with van der Waals surface area (Å²) in [5.74, 6) is -0.288. The van der Waals surface area contributed by atoms with E-state index >= 15 is 0 Å². The van der Waals surface area contributed by atoms with Gasteiger partial charge in [-0.2, -0.15) is 0 Å². The number of ether oxygens (including phenoxy) is 3. The van der Waals surface area contributed by atoms with Gasteiger partial charge in [-0.25, -0.2) is 9.88 Å². The smallest absolute Gasteiger partial charge is 0.342 e. The lowest BCUT2D eigenvalue weighted by atomic mass is 10.3. The van der Waals surface area contributed by atoms with Crippen molar-refractivity contribution in [1.29, 1.82) is 0 Å². The fraction of sp³-hybridized carbons (Fsp3) is 0.350. The number of carbonyl (C=O) groups excluding carboxylic acids is 1. The highest BCUT2D eigenvalue weighted by Gasteiger charge is 2.33. The molecule has 0 aliphatic carbocycles. The molecule has 0 saturated heterocycles. The maximum absolute atomic E-state index is 13.5. The SMILES string of the molecule is CCOC(=O)[C@H](C)NP(=O)(CO[C@@H]1C=C[C@H](n2cc(Cl)c(=O)[nH]c2=O)O1)Oc1ccccc1.